The predicted molar refractivity (Wildman–Crippen MR) is 76.0 cm³/mol. The highest BCUT2D eigenvalue weighted by atomic mass is 35.5. The molecular formula is C14H20ClNO3. The van der Waals surface area contributed by atoms with E-state index in [4.69, 9.17) is 9.47 Å². The van der Waals surface area contributed by atoms with E-state index in [1.54, 1.807) is 7.11 Å². The highest BCUT2D eigenvalue weighted by molar-refractivity contribution is 5.85. The molecule has 1 aliphatic heterocycles. The molecule has 1 N–H and O–H groups in total. The lowest BCUT2D eigenvalue weighted by Gasteiger charge is -2.30. The minimum Gasteiger partial charge on any atom is -0.497 e. The average molecular weight is 286 g/mol. The van der Waals surface area contributed by atoms with E-state index in [1.807, 2.05) is 24.3 Å². The van der Waals surface area contributed by atoms with Crippen LogP contribution in [0.3, 0.4) is 0 Å². The molecule has 1 aliphatic rings. The van der Waals surface area contributed by atoms with Crippen LogP contribution in [0.2, 0.25) is 0 Å². The molecule has 0 aromatic heterocycles. The number of nitrogens with one attached hydrogen (secondary N) is 1. The summed E-state index contributed by atoms with van der Waals surface area (Å²) in [4.78, 5) is 11.8. The lowest BCUT2D eigenvalue weighted by atomic mass is 9.81. The Balaban J connectivity index is 0.00000180. The van der Waals surface area contributed by atoms with Gasteiger partial charge in [0.25, 0.3) is 0 Å². The first kappa shape index (κ1) is 15.8. The Morgan fingerprint density at radius 2 is 1.95 bits per heavy atom. The van der Waals surface area contributed by atoms with Crippen molar-refractivity contribution in [1.82, 2.24) is 5.32 Å². The van der Waals surface area contributed by atoms with E-state index in [0.717, 1.165) is 30.8 Å². The molecule has 4 nitrogen and oxygen atoms in total. The van der Waals surface area contributed by atoms with Crippen LogP contribution in [0.25, 0.3) is 0 Å². The quantitative estimate of drug-likeness (QED) is 0.863. The van der Waals surface area contributed by atoms with Crippen molar-refractivity contribution in [3.8, 4) is 5.75 Å². The van der Waals surface area contributed by atoms with Gasteiger partial charge in [-0.2, -0.15) is 0 Å². The van der Waals surface area contributed by atoms with E-state index in [0.29, 0.717) is 0 Å². The number of carbonyl (C=O) groups excluding carboxylic acids is 1. The molecule has 0 radical (unpaired) electrons. The van der Waals surface area contributed by atoms with Crippen LogP contribution in [0, 0.1) is 5.92 Å². The van der Waals surface area contributed by atoms with Gasteiger partial charge in [-0.1, -0.05) is 12.1 Å². The molecule has 2 atom stereocenters. The van der Waals surface area contributed by atoms with Crippen LogP contribution in [0.1, 0.15) is 17.9 Å². The molecule has 5 heteroatoms. The Morgan fingerprint density at radius 1 is 1.26 bits per heavy atom. The zero-order chi connectivity index (χ0) is 13.0. The van der Waals surface area contributed by atoms with Gasteiger partial charge < -0.3 is 14.8 Å². The number of halogens is 1. The fraction of sp³-hybridized carbons (Fsp3) is 0.500. The molecule has 106 valence electrons. The number of methoxy groups -OCH3 is 2. The van der Waals surface area contributed by atoms with E-state index < -0.39 is 0 Å². The predicted octanol–water partition coefficient (Wildman–Crippen LogP) is 1.98. The second-order valence-corrected chi connectivity index (χ2v) is 4.50. The molecule has 1 saturated heterocycles. The summed E-state index contributed by atoms with van der Waals surface area (Å²) >= 11 is 0. The van der Waals surface area contributed by atoms with Crippen LogP contribution in [0.15, 0.2) is 24.3 Å². The molecular weight excluding hydrogens is 266 g/mol. The van der Waals surface area contributed by atoms with Gasteiger partial charge in [0.2, 0.25) is 0 Å². The minimum absolute atomic E-state index is 0. The zero-order valence-corrected chi connectivity index (χ0v) is 12.0. The van der Waals surface area contributed by atoms with E-state index in [1.165, 1.54) is 7.11 Å². The summed E-state index contributed by atoms with van der Waals surface area (Å²) in [5.41, 5.74) is 1.15. The number of ether oxygens (including phenoxy) is 2. The monoisotopic (exact) mass is 285 g/mol. The highest BCUT2D eigenvalue weighted by Gasteiger charge is 2.32. The van der Waals surface area contributed by atoms with Crippen molar-refractivity contribution >= 4 is 18.4 Å². The zero-order valence-electron chi connectivity index (χ0n) is 11.2. The first-order valence-electron chi connectivity index (χ1n) is 6.18. The van der Waals surface area contributed by atoms with E-state index in [9.17, 15) is 4.79 Å². The Morgan fingerprint density at radius 3 is 2.53 bits per heavy atom. The third-order valence-electron chi connectivity index (χ3n) is 3.53. The molecule has 0 saturated carbocycles. The van der Waals surface area contributed by atoms with Gasteiger partial charge in [-0.05, 0) is 30.7 Å². The van der Waals surface area contributed by atoms with Gasteiger partial charge in [0.1, 0.15) is 5.75 Å². The Kier molecular flexibility index (Phi) is 6.12. The fourth-order valence-electron chi connectivity index (χ4n) is 2.49. The maximum atomic E-state index is 11.8. The highest BCUT2D eigenvalue weighted by Crippen LogP contribution is 2.31. The van der Waals surface area contributed by atoms with Crippen LogP contribution in [0.5, 0.6) is 5.75 Å². The van der Waals surface area contributed by atoms with Crippen molar-refractivity contribution in [2.45, 2.75) is 12.3 Å². The summed E-state index contributed by atoms with van der Waals surface area (Å²) in [5.74, 6) is 0.844. The lowest BCUT2D eigenvalue weighted by molar-refractivity contribution is -0.147. The number of esters is 1. The smallest absolute Gasteiger partial charge is 0.309 e. The van der Waals surface area contributed by atoms with E-state index in [-0.39, 0.29) is 30.2 Å². The van der Waals surface area contributed by atoms with Crippen molar-refractivity contribution in [3.63, 3.8) is 0 Å². The van der Waals surface area contributed by atoms with Crippen molar-refractivity contribution in [2.75, 3.05) is 27.3 Å². The normalized spacial score (nSPS) is 22.2. The SMILES string of the molecule is COC(=O)C1CCNCC1c1ccc(OC)cc1.Cl. The van der Waals surface area contributed by atoms with Gasteiger partial charge in [-0.15, -0.1) is 12.4 Å². The van der Waals surface area contributed by atoms with E-state index >= 15 is 0 Å². The van der Waals surface area contributed by atoms with Crippen LogP contribution < -0.4 is 10.1 Å². The van der Waals surface area contributed by atoms with Crippen LogP contribution in [0.4, 0.5) is 0 Å². The van der Waals surface area contributed by atoms with Gasteiger partial charge >= 0.3 is 5.97 Å². The molecule has 0 spiro atoms. The van der Waals surface area contributed by atoms with Crippen molar-refractivity contribution < 1.29 is 14.3 Å². The minimum atomic E-state index is -0.114. The van der Waals surface area contributed by atoms with Crippen LogP contribution in [-0.4, -0.2) is 33.3 Å². The van der Waals surface area contributed by atoms with Crippen molar-refractivity contribution in [2.24, 2.45) is 5.92 Å². The van der Waals surface area contributed by atoms with Gasteiger partial charge in [0.15, 0.2) is 0 Å². The number of piperidine rings is 1. The summed E-state index contributed by atoms with van der Waals surface area (Å²) in [6.07, 6.45) is 0.823. The van der Waals surface area contributed by atoms with Gasteiger partial charge in [-0.3, -0.25) is 4.79 Å². The third-order valence-corrected chi connectivity index (χ3v) is 3.53. The van der Waals surface area contributed by atoms with Gasteiger partial charge in [0, 0.05) is 12.5 Å². The Labute approximate surface area is 119 Å². The average Bonchev–Trinajstić information content (AvgIpc) is 2.46. The molecule has 2 unspecified atom stereocenters. The summed E-state index contributed by atoms with van der Waals surface area (Å²) in [7, 11) is 3.10. The molecule has 19 heavy (non-hydrogen) atoms. The number of benzene rings is 1. The first-order valence-corrected chi connectivity index (χ1v) is 6.18. The first-order chi connectivity index (χ1) is 8.76. The molecule has 1 aromatic carbocycles. The molecule has 1 aromatic rings. The number of hydrogen-bond acceptors (Lipinski definition) is 4. The molecule has 0 amide bonds. The molecule has 0 aliphatic carbocycles. The van der Waals surface area contributed by atoms with Gasteiger partial charge in [-0.25, -0.2) is 0 Å². The van der Waals surface area contributed by atoms with Crippen LogP contribution >= 0.6 is 12.4 Å². The van der Waals surface area contributed by atoms with E-state index in [2.05, 4.69) is 5.32 Å². The summed E-state index contributed by atoms with van der Waals surface area (Å²) in [6.45, 7) is 1.68. The molecule has 1 fully saturated rings. The largest absolute Gasteiger partial charge is 0.497 e. The van der Waals surface area contributed by atoms with Crippen molar-refractivity contribution in [3.05, 3.63) is 29.8 Å². The lowest BCUT2D eigenvalue weighted by Crippen LogP contribution is -2.39. The second-order valence-electron chi connectivity index (χ2n) is 4.50. The molecule has 2 rings (SSSR count). The Bertz CT molecular complexity index is 408. The second kappa shape index (κ2) is 7.36. The molecule has 1 heterocycles. The maximum Gasteiger partial charge on any atom is 0.309 e. The number of carbonyl (C=O) groups is 1. The summed E-state index contributed by atoms with van der Waals surface area (Å²) in [6, 6.07) is 7.90. The van der Waals surface area contributed by atoms with Gasteiger partial charge in [0.05, 0.1) is 20.1 Å². The Hall–Kier alpha value is -1.26. The number of rotatable bonds is 3. The fourth-order valence-corrected chi connectivity index (χ4v) is 2.49. The summed E-state index contributed by atoms with van der Waals surface area (Å²) in [5, 5.41) is 3.33. The van der Waals surface area contributed by atoms with Crippen LogP contribution in [-0.2, 0) is 9.53 Å². The van der Waals surface area contributed by atoms with Crippen molar-refractivity contribution in [1.29, 1.82) is 0 Å². The standard InChI is InChI=1S/C14H19NO3.ClH/c1-17-11-5-3-10(4-6-11)13-9-15-8-7-12(13)14(16)18-2;/h3-6,12-13,15H,7-9H2,1-2H3;1H. The number of hydrogen-bond donors (Lipinski definition) is 1. The summed E-state index contributed by atoms with van der Waals surface area (Å²) < 4.78 is 10.0. The maximum absolute atomic E-state index is 11.8. The molecule has 0 bridgehead atoms. The topological polar surface area (TPSA) is 47.6 Å². The third kappa shape index (κ3) is 3.61.